The number of aliphatic hydroxyl groups is 26. The first-order chi connectivity index (χ1) is 42.1. The minimum atomic E-state index is -2.38. The Labute approximate surface area is 501 Å². The van der Waals surface area contributed by atoms with Crippen LogP contribution in [0.25, 0.3) is 0 Å². The molecule has 8 heterocycles. The molecule has 26 N–H and O–H groups in total. The van der Waals surface area contributed by atoms with E-state index in [1.807, 2.05) is 0 Å². The summed E-state index contributed by atoms with van der Waals surface area (Å²) < 4.78 is 84.0. The van der Waals surface area contributed by atoms with Crippen LogP contribution < -0.4 is 0 Å². The quantitative estimate of drug-likeness (QED) is 0.0479. The molecular formula is C48H82O41. The summed E-state index contributed by atoms with van der Waals surface area (Å²) >= 11 is 0. The summed E-state index contributed by atoms with van der Waals surface area (Å²) in [5.41, 5.74) is 0. The van der Waals surface area contributed by atoms with Crippen LogP contribution in [0.5, 0.6) is 0 Å². The van der Waals surface area contributed by atoms with Crippen molar-refractivity contribution in [2.75, 3.05) is 52.9 Å². The van der Waals surface area contributed by atoms with Crippen molar-refractivity contribution in [3.63, 3.8) is 0 Å². The molecule has 0 radical (unpaired) electrons. The van der Waals surface area contributed by atoms with Crippen molar-refractivity contribution in [2.24, 2.45) is 0 Å². The molecule has 8 saturated heterocycles. The van der Waals surface area contributed by atoms with Crippen molar-refractivity contribution in [3.05, 3.63) is 0 Å². The van der Waals surface area contributed by atoms with Crippen molar-refractivity contribution < 1.29 is 204 Å². The van der Waals surface area contributed by atoms with E-state index in [1.165, 1.54) is 0 Å². The zero-order valence-electron chi connectivity index (χ0n) is 46.5. The fraction of sp³-hybridized carbons (Fsp3) is 1.00. The molecular weight excluding hydrogens is 1230 g/mol. The maximum Gasteiger partial charge on any atom is 0.187 e. The molecule has 8 aliphatic heterocycles. The fourth-order valence-corrected chi connectivity index (χ4v) is 11.2. The van der Waals surface area contributed by atoms with Crippen molar-refractivity contribution in [1.82, 2.24) is 0 Å². The molecule has 89 heavy (non-hydrogen) atoms. The maximum atomic E-state index is 11.8. The molecule has 41 heteroatoms. The van der Waals surface area contributed by atoms with Gasteiger partial charge in [-0.05, 0) is 0 Å². The molecule has 40 atom stereocenters. The Hall–Kier alpha value is -1.64. The topological polar surface area (TPSA) is 664 Å². The van der Waals surface area contributed by atoms with E-state index in [9.17, 15) is 133 Å². The normalized spacial score (nSPS) is 53.6. The second kappa shape index (κ2) is 31.5. The summed E-state index contributed by atoms with van der Waals surface area (Å²) in [6.45, 7) is -7.57. The predicted molar refractivity (Wildman–Crippen MR) is 264 cm³/mol. The Morgan fingerprint density at radius 2 is 0.404 bits per heavy atom. The van der Waals surface area contributed by atoms with Crippen LogP contribution >= 0.6 is 0 Å². The molecule has 0 aromatic rings. The van der Waals surface area contributed by atoms with Crippen LogP contribution in [0, 0.1) is 0 Å². The minimum absolute atomic E-state index is 0.819. The van der Waals surface area contributed by atoms with E-state index in [1.54, 1.807) is 0 Å². The van der Waals surface area contributed by atoms with Gasteiger partial charge >= 0.3 is 0 Å². The lowest BCUT2D eigenvalue weighted by molar-refractivity contribution is -0.397. The van der Waals surface area contributed by atoms with E-state index in [0.29, 0.717) is 0 Å². The summed E-state index contributed by atoms with van der Waals surface area (Å²) in [7, 11) is 0. The van der Waals surface area contributed by atoms with E-state index in [4.69, 9.17) is 71.1 Å². The highest BCUT2D eigenvalue weighted by Crippen LogP contribution is 2.37. The third-order valence-electron chi connectivity index (χ3n) is 16.6. The molecule has 0 amide bonds. The van der Waals surface area contributed by atoms with Gasteiger partial charge in [-0.25, -0.2) is 0 Å². The third-order valence-corrected chi connectivity index (χ3v) is 16.6. The van der Waals surface area contributed by atoms with Crippen LogP contribution in [-0.4, -0.2) is 431 Å². The lowest BCUT2D eigenvalue weighted by Gasteiger charge is -2.50. The van der Waals surface area contributed by atoms with Gasteiger partial charge in [0.2, 0.25) is 0 Å². The first-order valence-electron chi connectivity index (χ1n) is 28.2. The lowest BCUT2D eigenvalue weighted by Crippen LogP contribution is -2.68. The Balaban J connectivity index is 0.958. The van der Waals surface area contributed by atoms with Gasteiger partial charge in [0, 0.05) is 0 Å². The summed E-state index contributed by atoms with van der Waals surface area (Å²) in [4.78, 5) is 0. The Kier molecular flexibility index (Phi) is 25.9. The standard InChI is InChI=1S/C48H82O41/c49-1-9-17(54)21(58)30(67)42(79-9)75-6-14-20(57)24(61)33(70)45(84-14)86-37-12(4-52)83-47(35(72)26(37)63)89-40-16(8-77-44-32(69)23(60)19(56)11(3-51)81-44)85-48(36(73)28(40)65)87-38-13(5-53)82-46(34(71)27(38)64)88-39-15(78-41(74)29(66)25(39)62)7-76-43-31(68)22(59)18(55)10(2-50)80-43/h9-74H,1-8H2/t9-,10-,11-,12-,13-,14-,15-,16-,17+,18+,19+,20-,21+,22+,23+,24+,25-,26-,27-,28-,29+,30-,31-,32-,33+,34+,35+,36+,37-,38-,39-,40-,41?,42+,43+,44+,45+,46+,47+,48+/m1/s1. The molecule has 8 fully saturated rings. The molecule has 0 aromatic heterocycles. The van der Waals surface area contributed by atoms with E-state index < -0.39 is 299 Å². The van der Waals surface area contributed by atoms with E-state index in [0.717, 1.165) is 0 Å². The maximum absolute atomic E-state index is 11.8. The number of aliphatic hydroxyl groups excluding tert-OH is 26. The third kappa shape index (κ3) is 15.5. The molecule has 0 spiro atoms. The second-order valence-electron chi connectivity index (χ2n) is 22.5. The first kappa shape index (κ1) is 73.2. The highest BCUT2D eigenvalue weighted by molar-refractivity contribution is 5.01. The van der Waals surface area contributed by atoms with Gasteiger partial charge in [0.05, 0.1) is 52.9 Å². The van der Waals surface area contributed by atoms with Crippen molar-refractivity contribution >= 4 is 0 Å². The molecule has 0 bridgehead atoms. The Morgan fingerprint density at radius 3 is 0.719 bits per heavy atom. The smallest absolute Gasteiger partial charge is 0.187 e. The van der Waals surface area contributed by atoms with Crippen LogP contribution in [0.1, 0.15) is 0 Å². The molecule has 1 unspecified atom stereocenters. The SMILES string of the molecule is OC[C@H]1O[C@H](OC[C@H]2O[C@@H](O[C@H]3[C@H](O)[C@H](O)[C@H](O[C@H]4[C@H](O)[C@H](O)[C@H](O[C@H]5[C@H](O)[C@H](O)[C@H](O[C@H]6[C@H](O)[C@H](O)C(O)O[C@@H]6CO[C@H]6O[C@H](CO)[C@H](O)[C@H](O)[C@H]6O)O[C@@H]5CO)O[C@@H]4CO[C@H]4O[C@H](CO)[C@H](O)[C@H](O)[C@H]4O)O[C@@H]3CO)[C@@H](O)[C@@H](O)[C@@H]2O)[C@H](O)[C@@H](O)[C@H]1O. The number of hydrogen-bond donors (Lipinski definition) is 26. The highest BCUT2D eigenvalue weighted by atomic mass is 16.8. The fourth-order valence-electron chi connectivity index (χ4n) is 11.2. The van der Waals surface area contributed by atoms with Gasteiger partial charge < -0.3 is 204 Å². The number of hydrogen-bond acceptors (Lipinski definition) is 41. The predicted octanol–water partition coefficient (Wildman–Crippen LogP) is -18.5. The Bertz CT molecular complexity index is 2130. The minimum Gasteiger partial charge on any atom is -0.394 e. The van der Waals surface area contributed by atoms with Crippen LogP contribution in [0.15, 0.2) is 0 Å². The van der Waals surface area contributed by atoms with Crippen LogP contribution in [0.2, 0.25) is 0 Å². The molecule has 8 rings (SSSR count). The van der Waals surface area contributed by atoms with E-state index >= 15 is 0 Å². The Morgan fingerprint density at radius 1 is 0.191 bits per heavy atom. The molecule has 0 aromatic carbocycles. The number of rotatable bonds is 22. The van der Waals surface area contributed by atoms with Crippen LogP contribution in [-0.2, 0) is 71.1 Å². The first-order valence-corrected chi connectivity index (χ1v) is 28.2. The van der Waals surface area contributed by atoms with Crippen LogP contribution in [0.4, 0.5) is 0 Å². The zero-order valence-corrected chi connectivity index (χ0v) is 46.5. The second-order valence-corrected chi connectivity index (χ2v) is 22.5. The van der Waals surface area contributed by atoms with Gasteiger partial charge in [0.15, 0.2) is 50.3 Å². The molecule has 41 nitrogen and oxygen atoms in total. The van der Waals surface area contributed by atoms with Gasteiger partial charge in [0.1, 0.15) is 195 Å². The molecule has 0 saturated carbocycles. The summed E-state index contributed by atoms with van der Waals surface area (Å²) in [5, 5.41) is 277. The van der Waals surface area contributed by atoms with Crippen molar-refractivity contribution in [2.45, 2.75) is 246 Å². The van der Waals surface area contributed by atoms with Gasteiger partial charge in [-0.1, -0.05) is 0 Å². The van der Waals surface area contributed by atoms with Gasteiger partial charge in [-0.3, -0.25) is 0 Å². The number of ether oxygens (including phenoxy) is 15. The van der Waals surface area contributed by atoms with Crippen LogP contribution in [0.3, 0.4) is 0 Å². The highest BCUT2D eigenvalue weighted by Gasteiger charge is 2.58. The zero-order chi connectivity index (χ0) is 65.4. The van der Waals surface area contributed by atoms with Crippen molar-refractivity contribution in [1.29, 1.82) is 0 Å². The molecule has 520 valence electrons. The van der Waals surface area contributed by atoms with Gasteiger partial charge in [-0.2, -0.15) is 0 Å². The van der Waals surface area contributed by atoms with Gasteiger partial charge in [-0.15, -0.1) is 0 Å². The van der Waals surface area contributed by atoms with E-state index in [2.05, 4.69) is 0 Å². The van der Waals surface area contributed by atoms with Gasteiger partial charge in [0.25, 0.3) is 0 Å². The van der Waals surface area contributed by atoms with E-state index in [-0.39, 0.29) is 0 Å². The molecule has 0 aliphatic carbocycles. The summed E-state index contributed by atoms with van der Waals surface area (Å²) in [6, 6.07) is 0. The van der Waals surface area contributed by atoms with Crippen molar-refractivity contribution in [3.8, 4) is 0 Å². The summed E-state index contributed by atoms with van der Waals surface area (Å²) in [5.74, 6) is 0. The largest absolute Gasteiger partial charge is 0.394 e. The monoisotopic (exact) mass is 1310 g/mol. The lowest BCUT2D eigenvalue weighted by atomic mass is 9.95. The summed E-state index contributed by atoms with van der Waals surface area (Å²) in [6.07, 6.45) is -79.5. The average Bonchev–Trinajstić information content (AvgIpc) is 1.35. The molecule has 8 aliphatic rings. The average molecular weight is 1320 g/mol.